The number of nitrogens with one attached hydrogen (secondary N) is 2. The van der Waals surface area contributed by atoms with Crippen LogP contribution in [-0.4, -0.2) is 44.7 Å². The van der Waals surface area contributed by atoms with Crippen LogP contribution in [-0.2, 0) is 0 Å². The molecule has 6 rings (SSSR count). The lowest BCUT2D eigenvalue weighted by Crippen LogP contribution is -1.92. The average Bonchev–Trinajstić information content (AvgIpc) is 3.50. The van der Waals surface area contributed by atoms with Crippen LogP contribution in [0.2, 0.25) is 0 Å². The minimum absolute atomic E-state index is 0.618. The second-order valence-corrected chi connectivity index (χ2v) is 7.41. The predicted octanol–water partition coefficient (Wildman–Crippen LogP) is 3.76. The summed E-state index contributed by atoms with van der Waals surface area (Å²) in [5.41, 5.74) is 7.79. The molecule has 6 aromatic rings. The molecule has 0 amide bonds. The van der Waals surface area contributed by atoms with E-state index in [0.717, 1.165) is 44.6 Å². The maximum absolute atomic E-state index is 4.70. The summed E-state index contributed by atoms with van der Waals surface area (Å²) in [5, 5.41) is 8.48. The Hall–Kier alpha value is -4.40. The fourth-order valence-corrected chi connectivity index (χ4v) is 3.75. The molecule has 0 atom stereocenters. The Morgan fingerprint density at radius 1 is 1.00 bits per heavy atom. The lowest BCUT2D eigenvalue weighted by atomic mass is 10.1. The largest absolute Gasteiger partial charge is 0.333 e. The summed E-state index contributed by atoms with van der Waals surface area (Å²) in [6.07, 6.45) is 10.9. The maximum Gasteiger partial charge on any atom is 0.180 e. The predicted molar refractivity (Wildman–Crippen MR) is 117 cm³/mol. The van der Waals surface area contributed by atoms with Crippen LogP contribution in [0, 0.1) is 13.8 Å². The van der Waals surface area contributed by atoms with Gasteiger partial charge in [0.15, 0.2) is 11.5 Å². The van der Waals surface area contributed by atoms with Gasteiger partial charge in [-0.2, -0.15) is 5.10 Å². The number of rotatable bonds is 3. The number of nitrogens with zero attached hydrogens (tertiary/aromatic N) is 7. The molecule has 150 valence electrons. The number of aromatic nitrogens is 9. The first-order valence-corrected chi connectivity index (χ1v) is 9.78. The molecule has 0 saturated carbocycles. The van der Waals surface area contributed by atoms with Gasteiger partial charge in [0.25, 0.3) is 0 Å². The first-order chi connectivity index (χ1) is 15.2. The Labute approximate surface area is 176 Å². The Kier molecular flexibility index (Phi) is 3.69. The van der Waals surface area contributed by atoms with Crippen molar-refractivity contribution in [2.24, 2.45) is 0 Å². The molecule has 0 aliphatic rings. The van der Waals surface area contributed by atoms with Crippen molar-refractivity contribution in [3.63, 3.8) is 0 Å². The average molecular weight is 407 g/mol. The molecule has 31 heavy (non-hydrogen) atoms. The molecule has 9 heteroatoms. The molecule has 0 unspecified atom stereocenters. The minimum atomic E-state index is 0.618. The molecule has 0 saturated heterocycles. The van der Waals surface area contributed by atoms with E-state index in [1.54, 1.807) is 24.9 Å². The molecule has 0 bridgehead atoms. The summed E-state index contributed by atoms with van der Waals surface area (Å²) >= 11 is 0. The fourth-order valence-electron chi connectivity index (χ4n) is 3.75. The molecule has 6 aromatic heterocycles. The van der Waals surface area contributed by atoms with Gasteiger partial charge in [-0.3, -0.25) is 15.1 Å². The van der Waals surface area contributed by atoms with Crippen LogP contribution < -0.4 is 0 Å². The van der Waals surface area contributed by atoms with Crippen LogP contribution in [0.5, 0.6) is 0 Å². The van der Waals surface area contributed by atoms with E-state index in [-0.39, 0.29) is 0 Å². The van der Waals surface area contributed by atoms with Crippen molar-refractivity contribution in [3.8, 4) is 28.5 Å². The van der Waals surface area contributed by atoms with Crippen LogP contribution in [0.4, 0.5) is 0 Å². The first kappa shape index (κ1) is 17.5. The van der Waals surface area contributed by atoms with Crippen molar-refractivity contribution in [3.05, 3.63) is 66.8 Å². The third-order valence-corrected chi connectivity index (χ3v) is 5.35. The molecule has 0 aliphatic carbocycles. The van der Waals surface area contributed by atoms with Crippen molar-refractivity contribution in [1.82, 2.24) is 44.7 Å². The minimum Gasteiger partial charge on any atom is -0.333 e. The Morgan fingerprint density at radius 2 is 1.94 bits per heavy atom. The molecule has 0 aromatic carbocycles. The van der Waals surface area contributed by atoms with Gasteiger partial charge in [-0.1, -0.05) is 0 Å². The zero-order valence-electron chi connectivity index (χ0n) is 16.8. The lowest BCUT2D eigenvalue weighted by molar-refractivity contribution is 1.06. The third kappa shape index (κ3) is 2.78. The standard InChI is InChI=1S/C22H17N9/c1-12-3-5-23-8-15(12)16-7-14-17(9-25-16)29-30-19(14)22-27-20-18(4-6-24-21(20)28-22)31-10-13(2)26-11-31/h3-11H,1-2H3,(H,29,30)(H,24,27,28). The van der Waals surface area contributed by atoms with Gasteiger partial charge in [-0.25, -0.2) is 15.0 Å². The topological polar surface area (TPSA) is 114 Å². The number of pyridine rings is 3. The van der Waals surface area contributed by atoms with Gasteiger partial charge in [-0.15, -0.1) is 0 Å². The smallest absolute Gasteiger partial charge is 0.180 e. The number of aromatic amines is 2. The summed E-state index contributed by atoms with van der Waals surface area (Å²) in [4.78, 5) is 25.7. The van der Waals surface area contributed by atoms with Gasteiger partial charge in [0.1, 0.15) is 11.2 Å². The van der Waals surface area contributed by atoms with Gasteiger partial charge in [-0.05, 0) is 37.6 Å². The van der Waals surface area contributed by atoms with E-state index >= 15 is 0 Å². The molecule has 0 spiro atoms. The maximum atomic E-state index is 4.70. The molecule has 0 aliphatic heterocycles. The van der Waals surface area contributed by atoms with E-state index in [4.69, 9.17) is 4.98 Å². The Morgan fingerprint density at radius 3 is 2.77 bits per heavy atom. The highest BCUT2D eigenvalue weighted by Crippen LogP contribution is 2.30. The highest BCUT2D eigenvalue weighted by Gasteiger charge is 2.17. The van der Waals surface area contributed by atoms with Gasteiger partial charge in [0.05, 0.1) is 35.1 Å². The Bertz CT molecular complexity index is 1570. The van der Waals surface area contributed by atoms with Crippen molar-refractivity contribution in [1.29, 1.82) is 0 Å². The molecule has 9 nitrogen and oxygen atoms in total. The molecule has 2 N–H and O–H groups in total. The molecule has 0 radical (unpaired) electrons. The summed E-state index contributed by atoms with van der Waals surface area (Å²) in [6.45, 7) is 4.00. The highest BCUT2D eigenvalue weighted by atomic mass is 15.2. The van der Waals surface area contributed by atoms with E-state index in [0.29, 0.717) is 17.2 Å². The monoisotopic (exact) mass is 407 g/mol. The van der Waals surface area contributed by atoms with Gasteiger partial charge < -0.3 is 9.55 Å². The highest BCUT2D eigenvalue weighted by molar-refractivity contribution is 5.95. The van der Waals surface area contributed by atoms with Gasteiger partial charge in [0.2, 0.25) is 0 Å². The lowest BCUT2D eigenvalue weighted by Gasteiger charge is -2.04. The van der Waals surface area contributed by atoms with E-state index in [2.05, 4.69) is 35.1 Å². The zero-order chi connectivity index (χ0) is 20.9. The number of aryl methyl sites for hydroxylation is 2. The zero-order valence-corrected chi connectivity index (χ0v) is 16.8. The summed E-state index contributed by atoms with van der Waals surface area (Å²) in [7, 11) is 0. The van der Waals surface area contributed by atoms with Crippen LogP contribution >= 0.6 is 0 Å². The third-order valence-electron chi connectivity index (χ3n) is 5.35. The fraction of sp³-hybridized carbons (Fsp3) is 0.0909. The van der Waals surface area contributed by atoms with Crippen molar-refractivity contribution >= 4 is 22.1 Å². The number of fused-ring (bicyclic) bond motifs is 2. The SMILES string of the molecule is Cc1cn(-c2ccnc3nc(-c4n[nH]c5cnc(-c6cnccc6C)cc45)[nH]c23)cn1. The number of H-pyrrole nitrogens is 2. The summed E-state index contributed by atoms with van der Waals surface area (Å²) in [6, 6.07) is 5.92. The molecule has 0 fully saturated rings. The van der Waals surface area contributed by atoms with Crippen molar-refractivity contribution in [2.75, 3.05) is 0 Å². The quantitative estimate of drug-likeness (QED) is 0.462. The summed E-state index contributed by atoms with van der Waals surface area (Å²) in [5.74, 6) is 0.637. The normalized spacial score (nSPS) is 11.5. The number of hydrogen-bond acceptors (Lipinski definition) is 6. The van der Waals surface area contributed by atoms with Crippen molar-refractivity contribution in [2.45, 2.75) is 13.8 Å². The first-order valence-electron chi connectivity index (χ1n) is 9.78. The summed E-state index contributed by atoms with van der Waals surface area (Å²) < 4.78 is 1.96. The Balaban J connectivity index is 1.52. The van der Waals surface area contributed by atoms with Crippen LogP contribution in [0.25, 0.3) is 50.5 Å². The van der Waals surface area contributed by atoms with Crippen LogP contribution in [0.15, 0.2) is 55.5 Å². The van der Waals surface area contributed by atoms with Gasteiger partial charge >= 0.3 is 0 Å². The number of hydrogen-bond donors (Lipinski definition) is 2. The van der Waals surface area contributed by atoms with E-state index in [1.165, 1.54) is 0 Å². The van der Waals surface area contributed by atoms with E-state index in [1.807, 2.05) is 49.0 Å². The molecular formula is C22H17N9. The second kappa shape index (κ2) is 6.56. The van der Waals surface area contributed by atoms with Crippen LogP contribution in [0.3, 0.4) is 0 Å². The van der Waals surface area contributed by atoms with Gasteiger partial charge in [0, 0.05) is 35.7 Å². The number of imidazole rings is 2. The molecular weight excluding hydrogens is 390 g/mol. The second-order valence-electron chi connectivity index (χ2n) is 7.41. The van der Waals surface area contributed by atoms with E-state index < -0.39 is 0 Å². The van der Waals surface area contributed by atoms with E-state index in [9.17, 15) is 0 Å². The van der Waals surface area contributed by atoms with Crippen LogP contribution in [0.1, 0.15) is 11.3 Å². The molecule has 6 heterocycles. The van der Waals surface area contributed by atoms with Crippen molar-refractivity contribution < 1.29 is 0 Å².